The van der Waals surface area contributed by atoms with E-state index in [1.165, 1.54) is 0 Å². The van der Waals surface area contributed by atoms with Gasteiger partial charge in [0.2, 0.25) is 5.91 Å². The highest BCUT2D eigenvalue weighted by Crippen LogP contribution is 2.27. The van der Waals surface area contributed by atoms with Gasteiger partial charge in [0, 0.05) is 37.2 Å². The summed E-state index contributed by atoms with van der Waals surface area (Å²) in [6, 6.07) is 18.8. The molecule has 0 spiro atoms. The number of nitrogens with one attached hydrogen (secondary N) is 3. The molecule has 166 valence electrons. The quantitative estimate of drug-likeness (QED) is 0.437. The van der Waals surface area contributed by atoms with Crippen molar-refractivity contribution in [2.45, 2.75) is 19.0 Å². The second kappa shape index (κ2) is 11.9. The third-order valence-corrected chi connectivity index (χ3v) is 5.69. The molecule has 3 rings (SSSR count). The molecule has 3 N–H and O–H groups in total. The number of hydrogen-bond acceptors (Lipinski definition) is 5. The molecule has 0 saturated carbocycles. The second-order valence-corrected chi connectivity index (χ2v) is 8.25. The minimum Gasteiger partial charge on any atom is -0.381 e. The Hall–Kier alpha value is -3.32. The van der Waals surface area contributed by atoms with E-state index in [1.54, 1.807) is 31.1 Å². The molecule has 1 heterocycles. The van der Waals surface area contributed by atoms with Crippen molar-refractivity contribution >= 4 is 29.3 Å². The van der Waals surface area contributed by atoms with E-state index < -0.39 is 6.04 Å². The van der Waals surface area contributed by atoms with Crippen molar-refractivity contribution in [3.63, 3.8) is 0 Å². The normalized spacial score (nSPS) is 11.4. The van der Waals surface area contributed by atoms with Gasteiger partial charge < -0.3 is 16.0 Å². The van der Waals surface area contributed by atoms with Crippen molar-refractivity contribution in [2.24, 2.45) is 0 Å². The highest BCUT2D eigenvalue weighted by Gasteiger charge is 2.22. The molecule has 0 aliphatic rings. The molecule has 2 amide bonds. The van der Waals surface area contributed by atoms with Gasteiger partial charge in [0.05, 0.1) is 0 Å². The molecule has 0 unspecified atom stereocenters. The second-order valence-electron chi connectivity index (χ2n) is 7.26. The molecule has 0 saturated heterocycles. The van der Waals surface area contributed by atoms with Crippen LogP contribution in [0.4, 0.5) is 5.69 Å². The van der Waals surface area contributed by atoms with Crippen molar-refractivity contribution in [1.29, 1.82) is 0 Å². The van der Waals surface area contributed by atoms with Crippen molar-refractivity contribution < 1.29 is 9.59 Å². The lowest BCUT2D eigenvalue weighted by atomic mass is 9.98. The summed E-state index contributed by atoms with van der Waals surface area (Å²) in [7, 11) is 1.58. The average molecular weight is 449 g/mol. The zero-order chi connectivity index (χ0) is 22.8. The Balaban J connectivity index is 1.86. The molecule has 32 heavy (non-hydrogen) atoms. The van der Waals surface area contributed by atoms with E-state index in [1.807, 2.05) is 67.0 Å². The summed E-state index contributed by atoms with van der Waals surface area (Å²) in [5, 5.41) is 8.95. The van der Waals surface area contributed by atoms with Crippen LogP contribution in [0.5, 0.6) is 0 Å². The van der Waals surface area contributed by atoms with Gasteiger partial charge in [0.1, 0.15) is 6.04 Å². The van der Waals surface area contributed by atoms with Gasteiger partial charge in [-0.15, -0.1) is 0 Å². The van der Waals surface area contributed by atoms with Crippen LogP contribution >= 0.6 is 11.8 Å². The van der Waals surface area contributed by atoms with E-state index in [0.717, 1.165) is 28.1 Å². The predicted octanol–water partition coefficient (Wildman–Crippen LogP) is 3.96. The first-order valence-electron chi connectivity index (χ1n) is 10.5. The number of hydrogen-bond donors (Lipinski definition) is 3. The SMILES string of the molecule is CNC(=O)[C@H](CCSC)NC(=O)c1ccc(NCc2cccnc2)cc1-c1ccccc1. The minimum absolute atomic E-state index is 0.191. The number of thioether (sulfide) groups is 1. The molecule has 6 nitrogen and oxygen atoms in total. The molecule has 0 radical (unpaired) electrons. The van der Waals surface area contributed by atoms with Crippen LogP contribution in [0.1, 0.15) is 22.3 Å². The van der Waals surface area contributed by atoms with Crippen LogP contribution in [0.3, 0.4) is 0 Å². The van der Waals surface area contributed by atoms with Crippen molar-refractivity contribution in [1.82, 2.24) is 15.6 Å². The van der Waals surface area contributed by atoms with Crippen LogP contribution in [0.25, 0.3) is 11.1 Å². The van der Waals surface area contributed by atoms with Crippen molar-refractivity contribution in [2.75, 3.05) is 24.4 Å². The number of carbonyl (C=O) groups is 2. The van der Waals surface area contributed by atoms with Gasteiger partial charge in [0.25, 0.3) is 5.91 Å². The third kappa shape index (κ3) is 6.34. The van der Waals surface area contributed by atoms with Gasteiger partial charge in [-0.3, -0.25) is 14.6 Å². The molecule has 0 fully saturated rings. The summed E-state index contributed by atoms with van der Waals surface area (Å²) in [4.78, 5) is 29.6. The Labute approximate surface area is 193 Å². The number of anilines is 1. The maximum Gasteiger partial charge on any atom is 0.252 e. The fourth-order valence-electron chi connectivity index (χ4n) is 3.33. The lowest BCUT2D eigenvalue weighted by molar-refractivity contribution is -0.122. The number of pyridine rings is 1. The van der Waals surface area contributed by atoms with Crippen molar-refractivity contribution in [3.05, 3.63) is 84.2 Å². The number of amides is 2. The molecule has 1 atom stereocenters. The number of carbonyl (C=O) groups excluding carboxylic acids is 2. The van der Waals surface area contributed by atoms with Gasteiger partial charge in [-0.05, 0) is 59.4 Å². The lowest BCUT2D eigenvalue weighted by Crippen LogP contribution is -2.46. The molecule has 3 aromatic rings. The Bertz CT molecular complexity index is 1030. The maximum atomic E-state index is 13.2. The predicted molar refractivity (Wildman–Crippen MR) is 132 cm³/mol. The van der Waals surface area contributed by atoms with E-state index in [9.17, 15) is 9.59 Å². The molecule has 0 bridgehead atoms. The van der Waals surface area contributed by atoms with Gasteiger partial charge in [-0.1, -0.05) is 36.4 Å². The Morgan fingerprint density at radius 3 is 2.56 bits per heavy atom. The van der Waals surface area contributed by atoms with Crippen LogP contribution < -0.4 is 16.0 Å². The molecular weight excluding hydrogens is 420 g/mol. The first kappa shape index (κ1) is 23.3. The Morgan fingerprint density at radius 1 is 1.06 bits per heavy atom. The van der Waals surface area contributed by atoms with E-state index in [4.69, 9.17) is 0 Å². The third-order valence-electron chi connectivity index (χ3n) is 5.05. The standard InChI is InChI=1S/C25H28N4O2S/c1-26-25(31)23(12-14-32-2)29-24(30)21-11-10-20(28-17-18-7-6-13-27-16-18)15-22(21)19-8-4-3-5-9-19/h3-11,13,15-16,23,28H,12,14,17H2,1-2H3,(H,26,31)(H,29,30)/t23-/m0/s1. The molecule has 1 aromatic heterocycles. The summed E-state index contributed by atoms with van der Waals surface area (Å²) in [6.45, 7) is 0.626. The fourth-order valence-corrected chi connectivity index (χ4v) is 3.80. The highest BCUT2D eigenvalue weighted by atomic mass is 32.2. The fraction of sp³-hybridized carbons (Fsp3) is 0.240. The molecule has 0 aliphatic heterocycles. The molecule has 2 aromatic carbocycles. The van der Waals surface area contributed by atoms with Gasteiger partial charge in [-0.2, -0.15) is 11.8 Å². The number of aromatic nitrogens is 1. The zero-order valence-corrected chi connectivity index (χ0v) is 19.1. The first-order valence-corrected chi connectivity index (χ1v) is 11.9. The summed E-state index contributed by atoms with van der Waals surface area (Å²) < 4.78 is 0. The Kier molecular flexibility index (Phi) is 8.69. The average Bonchev–Trinajstić information content (AvgIpc) is 2.85. The van der Waals surface area contributed by atoms with Crippen LogP contribution in [-0.2, 0) is 11.3 Å². The number of rotatable bonds is 10. The number of likely N-dealkylation sites (N-methyl/N-ethyl adjacent to an activating group) is 1. The highest BCUT2D eigenvalue weighted by molar-refractivity contribution is 7.98. The van der Waals surface area contributed by atoms with Gasteiger partial charge in [0.15, 0.2) is 0 Å². The minimum atomic E-state index is -0.577. The zero-order valence-electron chi connectivity index (χ0n) is 18.3. The molecule has 0 aliphatic carbocycles. The number of benzene rings is 2. The molecular formula is C25H28N4O2S. The maximum absolute atomic E-state index is 13.2. The van der Waals surface area contributed by atoms with Gasteiger partial charge >= 0.3 is 0 Å². The monoisotopic (exact) mass is 448 g/mol. The number of nitrogens with zero attached hydrogens (tertiary/aromatic N) is 1. The van der Waals surface area contributed by atoms with E-state index in [2.05, 4.69) is 20.9 Å². The van der Waals surface area contributed by atoms with E-state index in [-0.39, 0.29) is 11.8 Å². The lowest BCUT2D eigenvalue weighted by Gasteiger charge is -2.19. The molecule has 7 heteroatoms. The topological polar surface area (TPSA) is 83.1 Å². The summed E-state index contributed by atoms with van der Waals surface area (Å²) in [5.74, 6) is 0.321. The van der Waals surface area contributed by atoms with Crippen LogP contribution in [0, 0.1) is 0 Å². The van der Waals surface area contributed by atoms with E-state index in [0.29, 0.717) is 18.5 Å². The van der Waals surface area contributed by atoms with Crippen molar-refractivity contribution in [3.8, 4) is 11.1 Å². The Morgan fingerprint density at radius 2 is 1.88 bits per heavy atom. The summed E-state index contributed by atoms with van der Waals surface area (Å²) >= 11 is 1.64. The summed E-state index contributed by atoms with van der Waals surface area (Å²) in [6.07, 6.45) is 6.11. The largest absolute Gasteiger partial charge is 0.381 e. The van der Waals surface area contributed by atoms with Crippen LogP contribution in [0.15, 0.2) is 73.1 Å². The summed E-state index contributed by atoms with van der Waals surface area (Å²) in [5.41, 5.74) is 4.23. The smallest absolute Gasteiger partial charge is 0.252 e. The van der Waals surface area contributed by atoms with Gasteiger partial charge in [-0.25, -0.2) is 0 Å². The van der Waals surface area contributed by atoms with Crippen LogP contribution in [0.2, 0.25) is 0 Å². The first-order chi connectivity index (χ1) is 15.6. The van der Waals surface area contributed by atoms with Crippen LogP contribution in [-0.4, -0.2) is 41.9 Å². The van der Waals surface area contributed by atoms with E-state index >= 15 is 0 Å².